The largest absolute Gasteiger partial charge is 0.508 e. The lowest BCUT2D eigenvalue weighted by atomic mass is 10.1. The minimum absolute atomic E-state index is 0.0697. The van der Waals surface area contributed by atoms with Gasteiger partial charge in [0.25, 0.3) is 6.43 Å². The van der Waals surface area contributed by atoms with Gasteiger partial charge in [0.2, 0.25) is 5.88 Å². The number of phenols is 1. The molecule has 0 amide bonds. The Morgan fingerprint density at radius 2 is 1.74 bits per heavy atom. The Morgan fingerprint density at radius 3 is 2.41 bits per heavy atom. The molecule has 172 valence electrons. The van der Waals surface area contributed by atoms with Gasteiger partial charge in [-0.05, 0) is 38.5 Å². The number of phenolic OH excluding ortho intramolecular Hbond substituents is 1. The highest BCUT2D eigenvalue weighted by Crippen LogP contribution is 2.34. The van der Waals surface area contributed by atoms with Crippen LogP contribution in [0.3, 0.4) is 0 Å². The van der Waals surface area contributed by atoms with Gasteiger partial charge in [0.05, 0.1) is 27.7 Å². The van der Waals surface area contributed by atoms with E-state index in [9.17, 15) is 19.0 Å². The SMILES string of the molecule is Cc1nc2c3c(cc(-c4cnc(C(F)F)nc4)nc(O)c3c(=N)n2-c2c(C)ccc(O)c2C)[nH]1. The van der Waals surface area contributed by atoms with E-state index in [2.05, 4.69) is 24.9 Å². The van der Waals surface area contributed by atoms with Crippen molar-refractivity contribution in [3.05, 3.63) is 58.9 Å². The molecule has 0 aliphatic heterocycles. The summed E-state index contributed by atoms with van der Waals surface area (Å²) in [6.45, 7) is 5.35. The Bertz CT molecular complexity index is 1660. The fourth-order valence-electron chi connectivity index (χ4n) is 4.15. The van der Waals surface area contributed by atoms with E-state index < -0.39 is 18.1 Å². The fourth-order valence-corrected chi connectivity index (χ4v) is 4.15. The molecule has 0 unspecified atom stereocenters. The highest BCUT2D eigenvalue weighted by molar-refractivity contribution is 6.09. The van der Waals surface area contributed by atoms with Crippen molar-refractivity contribution in [1.29, 1.82) is 5.41 Å². The molecule has 0 saturated heterocycles. The molecule has 5 aromatic rings. The lowest BCUT2D eigenvalue weighted by Gasteiger charge is -2.13. The second-order valence-corrected chi connectivity index (χ2v) is 7.96. The number of aryl methyl sites for hydroxylation is 2. The van der Waals surface area contributed by atoms with E-state index >= 15 is 0 Å². The van der Waals surface area contributed by atoms with Gasteiger partial charge in [0.1, 0.15) is 17.1 Å². The quantitative estimate of drug-likeness (QED) is 0.318. The Kier molecular flexibility index (Phi) is 4.78. The molecule has 0 aliphatic rings. The summed E-state index contributed by atoms with van der Waals surface area (Å²) in [7, 11) is 0. The number of rotatable bonds is 3. The molecule has 5 rings (SSSR count). The van der Waals surface area contributed by atoms with Crippen LogP contribution in [0.1, 0.15) is 29.2 Å². The van der Waals surface area contributed by atoms with Crippen molar-refractivity contribution in [1.82, 2.24) is 29.5 Å². The van der Waals surface area contributed by atoms with Crippen molar-refractivity contribution in [3.8, 4) is 28.6 Å². The minimum Gasteiger partial charge on any atom is -0.508 e. The number of nitrogens with zero attached hydrogens (tertiary/aromatic N) is 5. The number of alkyl halides is 2. The van der Waals surface area contributed by atoms with Gasteiger partial charge < -0.3 is 15.2 Å². The second kappa shape index (κ2) is 7.58. The molecule has 1 aromatic carbocycles. The smallest absolute Gasteiger partial charge is 0.297 e. The van der Waals surface area contributed by atoms with E-state index in [4.69, 9.17) is 5.41 Å². The maximum absolute atomic E-state index is 12.8. The topological polar surface area (TPSA) is 137 Å². The van der Waals surface area contributed by atoms with Crippen LogP contribution in [0.4, 0.5) is 8.78 Å². The third kappa shape index (κ3) is 3.16. The third-order valence-electron chi connectivity index (χ3n) is 5.73. The average Bonchev–Trinajstić information content (AvgIpc) is 2.98. The number of aromatic amines is 1. The Morgan fingerprint density at radius 1 is 1.03 bits per heavy atom. The molecule has 0 aliphatic carbocycles. The van der Waals surface area contributed by atoms with E-state index in [0.717, 1.165) is 5.56 Å². The molecule has 4 heterocycles. The van der Waals surface area contributed by atoms with Crippen LogP contribution >= 0.6 is 0 Å². The summed E-state index contributed by atoms with van der Waals surface area (Å²) in [4.78, 5) is 19.3. The van der Waals surface area contributed by atoms with Crippen LogP contribution in [0.2, 0.25) is 0 Å². The molecule has 4 aromatic heterocycles. The standard InChI is InChI=1S/C23H19F2N7O2/c1-9-4-5-15(33)10(2)18(9)32-20(26)17-16-14(29-11(3)30-22(16)32)6-13(31-23(17)34)12-7-27-21(19(24)25)28-8-12/h4-8,19,26,33-34H,1-3H3,(H,29,30). The number of H-pyrrole nitrogens is 1. The van der Waals surface area contributed by atoms with Crippen LogP contribution in [0.25, 0.3) is 38.9 Å². The molecular weight excluding hydrogens is 444 g/mol. The molecule has 0 saturated carbocycles. The predicted molar refractivity (Wildman–Crippen MR) is 120 cm³/mol. The second-order valence-electron chi connectivity index (χ2n) is 7.96. The summed E-state index contributed by atoms with van der Waals surface area (Å²) in [5, 5.41) is 30.8. The summed E-state index contributed by atoms with van der Waals surface area (Å²) in [5.74, 6) is -0.443. The first-order valence-corrected chi connectivity index (χ1v) is 10.3. The zero-order valence-corrected chi connectivity index (χ0v) is 18.4. The van der Waals surface area contributed by atoms with Gasteiger partial charge in [0, 0.05) is 23.5 Å². The lowest BCUT2D eigenvalue weighted by Crippen LogP contribution is -2.16. The van der Waals surface area contributed by atoms with Crippen molar-refractivity contribution < 1.29 is 19.0 Å². The van der Waals surface area contributed by atoms with Crippen molar-refractivity contribution in [2.45, 2.75) is 27.2 Å². The summed E-state index contributed by atoms with van der Waals surface area (Å²) in [5.41, 5.74) is 3.34. The van der Waals surface area contributed by atoms with Crippen molar-refractivity contribution in [2.24, 2.45) is 0 Å². The van der Waals surface area contributed by atoms with Gasteiger partial charge in [0.15, 0.2) is 11.5 Å². The Hall–Kier alpha value is -4.41. The lowest BCUT2D eigenvalue weighted by molar-refractivity contribution is 0.140. The van der Waals surface area contributed by atoms with E-state index in [1.807, 2.05) is 6.92 Å². The summed E-state index contributed by atoms with van der Waals surface area (Å²) >= 11 is 0. The summed E-state index contributed by atoms with van der Waals surface area (Å²) < 4.78 is 27.3. The van der Waals surface area contributed by atoms with Crippen LogP contribution < -0.4 is 5.49 Å². The molecule has 0 atom stereocenters. The van der Waals surface area contributed by atoms with Crippen LogP contribution in [-0.4, -0.2) is 39.7 Å². The minimum atomic E-state index is -2.80. The highest BCUT2D eigenvalue weighted by Gasteiger charge is 2.22. The number of benzene rings is 1. The third-order valence-corrected chi connectivity index (χ3v) is 5.73. The van der Waals surface area contributed by atoms with Gasteiger partial charge in [-0.25, -0.2) is 28.7 Å². The number of halogens is 2. The van der Waals surface area contributed by atoms with E-state index in [-0.39, 0.29) is 22.3 Å². The summed E-state index contributed by atoms with van der Waals surface area (Å²) in [6.07, 6.45) is -0.389. The normalized spacial score (nSPS) is 11.7. The van der Waals surface area contributed by atoms with Gasteiger partial charge in [-0.1, -0.05) is 6.07 Å². The molecule has 11 heteroatoms. The van der Waals surface area contributed by atoms with Gasteiger partial charge in [-0.2, -0.15) is 0 Å². The zero-order valence-electron chi connectivity index (χ0n) is 18.4. The van der Waals surface area contributed by atoms with Crippen LogP contribution in [0, 0.1) is 26.2 Å². The summed E-state index contributed by atoms with van der Waals surface area (Å²) in [6, 6.07) is 4.95. The average molecular weight is 463 g/mol. The number of aromatic nitrogens is 6. The first kappa shape index (κ1) is 21.4. The predicted octanol–water partition coefficient (Wildman–Crippen LogP) is 4.11. The number of aromatic hydroxyl groups is 2. The number of hydrogen-bond acceptors (Lipinski definition) is 7. The molecule has 0 fully saturated rings. The first-order valence-electron chi connectivity index (χ1n) is 10.3. The highest BCUT2D eigenvalue weighted by atomic mass is 19.3. The molecule has 0 spiro atoms. The molecule has 4 N–H and O–H groups in total. The zero-order chi connectivity index (χ0) is 24.3. The molecule has 0 radical (unpaired) electrons. The van der Waals surface area contributed by atoms with Crippen molar-refractivity contribution in [2.75, 3.05) is 0 Å². The van der Waals surface area contributed by atoms with Crippen molar-refractivity contribution >= 4 is 21.9 Å². The molecule has 9 nitrogen and oxygen atoms in total. The maximum Gasteiger partial charge on any atom is 0.297 e. The number of hydrogen-bond donors (Lipinski definition) is 4. The van der Waals surface area contributed by atoms with E-state index in [1.165, 1.54) is 12.4 Å². The van der Waals surface area contributed by atoms with Gasteiger partial charge >= 0.3 is 0 Å². The van der Waals surface area contributed by atoms with Crippen LogP contribution in [-0.2, 0) is 0 Å². The first-order chi connectivity index (χ1) is 16.2. The number of nitrogens with one attached hydrogen (secondary N) is 2. The van der Waals surface area contributed by atoms with Gasteiger partial charge in [-0.15, -0.1) is 0 Å². The van der Waals surface area contributed by atoms with E-state index in [0.29, 0.717) is 39.2 Å². The molecular formula is C23H19F2N7O2. The molecule has 0 bridgehead atoms. The van der Waals surface area contributed by atoms with Crippen LogP contribution in [0.5, 0.6) is 11.6 Å². The van der Waals surface area contributed by atoms with Crippen molar-refractivity contribution in [3.63, 3.8) is 0 Å². The van der Waals surface area contributed by atoms with Crippen LogP contribution in [0.15, 0.2) is 30.6 Å². The van der Waals surface area contributed by atoms with Gasteiger partial charge in [-0.3, -0.25) is 9.98 Å². The maximum atomic E-state index is 12.8. The fraction of sp³-hybridized carbons (Fsp3) is 0.174. The monoisotopic (exact) mass is 463 g/mol. The Labute approximate surface area is 190 Å². The Balaban J connectivity index is 1.88. The van der Waals surface area contributed by atoms with E-state index in [1.54, 1.807) is 36.6 Å². The molecule has 34 heavy (non-hydrogen) atoms.